The van der Waals surface area contributed by atoms with E-state index < -0.39 is 0 Å². The van der Waals surface area contributed by atoms with E-state index in [9.17, 15) is 0 Å². The number of hydrogen-bond donors (Lipinski definition) is 1. The molecule has 92 valence electrons. The van der Waals surface area contributed by atoms with E-state index in [0.29, 0.717) is 0 Å². The molecule has 2 heterocycles. The zero-order valence-electron chi connectivity index (χ0n) is 10.3. The molecule has 2 aromatic rings. The molecular weight excluding hydrogens is 234 g/mol. The first-order valence-corrected chi connectivity index (χ1v) is 6.53. The minimum atomic E-state index is 0.129. The lowest BCUT2D eigenvalue weighted by atomic mass is 10.1. The Morgan fingerprint density at radius 1 is 1.53 bits per heavy atom. The van der Waals surface area contributed by atoms with E-state index >= 15 is 0 Å². The molecule has 0 aliphatic heterocycles. The normalized spacial score (nSPS) is 12.9. The molecule has 5 nitrogen and oxygen atoms in total. The smallest absolute Gasteiger partial charge is 0.0874 e. The molecular formula is C11H17N5S. The van der Waals surface area contributed by atoms with E-state index in [-0.39, 0.29) is 6.04 Å². The van der Waals surface area contributed by atoms with Gasteiger partial charge >= 0.3 is 0 Å². The van der Waals surface area contributed by atoms with Gasteiger partial charge in [0.15, 0.2) is 0 Å². The van der Waals surface area contributed by atoms with Gasteiger partial charge in [0, 0.05) is 12.7 Å². The van der Waals surface area contributed by atoms with Crippen LogP contribution in [0, 0.1) is 6.92 Å². The Morgan fingerprint density at radius 3 is 2.94 bits per heavy atom. The number of aryl methyl sites for hydroxylation is 2. The highest BCUT2D eigenvalue weighted by Gasteiger charge is 2.20. The highest BCUT2D eigenvalue weighted by atomic mass is 32.1. The predicted octanol–water partition coefficient (Wildman–Crippen LogP) is 1.76. The Balaban J connectivity index is 2.35. The molecule has 0 aliphatic rings. The van der Waals surface area contributed by atoms with Crippen molar-refractivity contribution in [1.82, 2.24) is 24.7 Å². The van der Waals surface area contributed by atoms with Gasteiger partial charge in [-0.25, -0.2) is 0 Å². The van der Waals surface area contributed by atoms with Crippen LogP contribution in [-0.4, -0.2) is 26.4 Å². The summed E-state index contributed by atoms with van der Waals surface area (Å²) in [4.78, 5) is 1.16. The molecule has 1 unspecified atom stereocenters. The monoisotopic (exact) mass is 251 g/mol. The van der Waals surface area contributed by atoms with Gasteiger partial charge in [-0.15, -0.1) is 5.10 Å². The third-order valence-corrected chi connectivity index (χ3v) is 3.61. The molecule has 0 radical (unpaired) electrons. The fourth-order valence-electron chi connectivity index (χ4n) is 1.90. The van der Waals surface area contributed by atoms with Gasteiger partial charge in [0.1, 0.15) is 0 Å². The Morgan fingerprint density at radius 2 is 2.35 bits per heavy atom. The van der Waals surface area contributed by atoms with Crippen molar-refractivity contribution in [3.63, 3.8) is 0 Å². The highest BCUT2D eigenvalue weighted by Crippen LogP contribution is 2.26. The summed E-state index contributed by atoms with van der Waals surface area (Å²) in [5.41, 5.74) is 2.15. The molecule has 0 bridgehead atoms. The van der Waals surface area contributed by atoms with E-state index in [1.54, 1.807) is 0 Å². The van der Waals surface area contributed by atoms with Crippen LogP contribution < -0.4 is 5.32 Å². The first kappa shape index (κ1) is 12.2. The van der Waals surface area contributed by atoms with E-state index in [2.05, 4.69) is 33.0 Å². The first-order chi connectivity index (χ1) is 8.27. The number of nitrogens with zero attached hydrogens (tertiary/aromatic N) is 4. The molecule has 0 aromatic carbocycles. The molecule has 1 atom stereocenters. The van der Waals surface area contributed by atoms with Crippen LogP contribution in [0.2, 0.25) is 0 Å². The summed E-state index contributed by atoms with van der Waals surface area (Å²) in [5, 5.41) is 11.7. The quantitative estimate of drug-likeness (QED) is 0.880. The molecule has 0 spiro atoms. The average molecular weight is 251 g/mol. The molecule has 0 amide bonds. The van der Waals surface area contributed by atoms with E-state index in [1.165, 1.54) is 17.2 Å². The maximum atomic E-state index is 4.35. The predicted molar refractivity (Wildman–Crippen MR) is 68.1 cm³/mol. The van der Waals surface area contributed by atoms with Crippen LogP contribution in [0.4, 0.5) is 0 Å². The molecule has 6 heteroatoms. The van der Waals surface area contributed by atoms with Gasteiger partial charge in [0.2, 0.25) is 0 Å². The molecule has 0 saturated carbocycles. The second kappa shape index (κ2) is 5.37. The zero-order valence-corrected chi connectivity index (χ0v) is 11.2. The first-order valence-electron chi connectivity index (χ1n) is 5.75. The number of nitrogens with one attached hydrogen (secondary N) is 1. The van der Waals surface area contributed by atoms with Crippen molar-refractivity contribution >= 4 is 11.5 Å². The van der Waals surface area contributed by atoms with Crippen molar-refractivity contribution in [2.24, 2.45) is 0 Å². The number of aromatic nitrogens is 4. The van der Waals surface area contributed by atoms with E-state index in [4.69, 9.17) is 0 Å². The average Bonchev–Trinajstić information content (AvgIpc) is 2.92. The van der Waals surface area contributed by atoms with Crippen LogP contribution in [0.5, 0.6) is 0 Å². The van der Waals surface area contributed by atoms with Crippen molar-refractivity contribution in [3.8, 4) is 0 Å². The summed E-state index contributed by atoms with van der Waals surface area (Å²) in [7, 11) is 1.95. The summed E-state index contributed by atoms with van der Waals surface area (Å²) >= 11 is 1.44. The standard InChI is InChI=1S/C11H17N5S/c1-4-7-16-9(5-6-13-16)10(12-3)11-8(2)14-15-17-11/h5-6,10,12H,4,7H2,1-3H3. The zero-order chi connectivity index (χ0) is 12.3. The Kier molecular flexibility index (Phi) is 3.86. The van der Waals surface area contributed by atoms with Gasteiger partial charge in [-0.1, -0.05) is 11.4 Å². The molecule has 1 N–H and O–H groups in total. The minimum Gasteiger partial charge on any atom is -0.307 e. The van der Waals surface area contributed by atoms with Gasteiger partial charge in [-0.2, -0.15) is 5.10 Å². The van der Waals surface area contributed by atoms with Crippen molar-refractivity contribution in [2.45, 2.75) is 32.9 Å². The molecule has 2 aromatic heterocycles. The molecule has 0 fully saturated rings. The largest absolute Gasteiger partial charge is 0.307 e. The van der Waals surface area contributed by atoms with Crippen LogP contribution in [0.3, 0.4) is 0 Å². The minimum absolute atomic E-state index is 0.129. The summed E-state index contributed by atoms with van der Waals surface area (Å²) in [5.74, 6) is 0. The van der Waals surface area contributed by atoms with Crippen LogP contribution in [0.15, 0.2) is 12.3 Å². The van der Waals surface area contributed by atoms with Gasteiger partial charge in [0.25, 0.3) is 0 Å². The summed E-state index contributed by atoms with van der Waals surface area (Å²) in [6.45, 7) is 5.08. The third kappa shape index (κ3) is 2.37. The van der Waals surface area contributed by atoms with Gasteiger partial charge in [-0.05, 0) is 38.0 Å². The van der Waals surface area contributed by atoms with Crippen LogP contribution in [-0.2, 0) is 6.54 Å². The molecule has 0 aliphatic carbocycles. The van der Waals surface area contributed by atoms with E-state index in [1.807, 2.05) is 24.9 Å². The molecule has 2 rings (SSSR count). The Hall–Kier alpha value is -1.27. The van der Waals surface area contributed by atoms with E-state index in [0.717, 1.165) is 23.5 Å². The van der Waals surface area contributed by atoms with Crippen LogP contribution >= 0.6 is 11.5 Å². The maximum absolute atomic E-state index is 4.35. The van der Waals surface area contributed by atoms with Crippen molar-refractivity contribution in [2.75, 3.05) is 7.05 Å². The van der Waals surface area contributed by atoms with Crippen molar-refractivity contribution < 1.29 is 0 Å². The second-order valence-corrected chi connectivity index (χ2v) is 4.71. The highest BCUT2D eigenvalue weighted by molar-refractivity contribution is 7.05. The lowest BCUT2D eigenvalue weighted by Gasteiger charge is -2.16. The maximum Gasteiger partial charge on any atom is 0.0874 e. The van der Waals surface area contributed by atoms with Crippen molar-refractivity contribution in [1.29, 1.82) is 0 Å². The summed E-state index contributed by atoms with van der Waals surface area (Å²) in [6.07, 6.45) is 2.92. The number of hydrogen-bond acceptors (Lipinski definition) is 5. The summed E-state index contributed by atoms with van der Waals surface area (Å²) in [6, 6.07) is 2.18. The fraction of sp³-hybridized carbons (Fsp3) is 0.545. The fourth-order valence-corrected chi connectivity index (χ4v) is 2.67. The lowest BCUT2D eigenvalue weighted by molar-refractivity contribution is 0.536. The van der Waals surface area contributed by atoms with Gasteiger partial charge in [0.05, 0.1) is 22.3 Å². The molecule has 17 heavy (non-hydrogen) atoms. The Labute approximate surface area is 105 Å². The van der Waals surface area contributed by atoms with Crippen molar-refractivity contribution in [3.05, 3.63) is 28.5 Å². The van der Waals surface area contributed by atoms with Gasteiger partial charge in [-0.3, -0.25) is 4.68 Å². The Bertz CT molecular complexity index is 476. The number of rotatable bonds is 5. The van der Waals surface area contributed by atoms with Crippen LogP contribution in [0.1, 0.15) is 35.7 Å². The third-order valence-electron chi connectivity index (χ3n) is 2.72. The SMILES string of the molecule is CCCn1nccc1C(NC)c1snnc1C. The lowest BCUT2D eigenvalue weighted by Crippen LogP contribution is -2.21. The molecule has 0 saturated heterocycles. The topological polar surface area (TPSA) is 55.6 Å². The summed E-state index contributed by atoms with van der Waals surface area (Å²) < 4.78 is 6.04. The van der Waals surface area contributed by atoms with Crippen LogP contribution in [0.25, 0.3) is 0 Å². The van der Waals surface area contributed by atoms with Gasteiger partial charge < -0.3 is 5.32 Å². The second-order valence-electron chi connectivity index (χ2n) is 3.92.